The summed E-state index contributed by atoms with van der Waals surface area (Å²) in [6.07, 6.45) is 6.40. The Hall–Kier alpha value is -1.79. The molecule has 0 amide bonds. The van der Waals surface area contributed by atoms with Gasteiger partial charge in [0.05, 0.1) is 0 Å². The largest absolute Gasteiger partial charge is 0.458 e. The van der Waals surface area contributed by atoms with E-state index in [0.717, 1.165) is 12.0 Å². The Bertz CT molecular complexity index is 592. The monoisotopic (exact) mass is 246 g/mol. The Labute approximate surface area is 105 Å². The Morgan fingerprint density at radius 2 is 2.28 bits per heavy atom. The Balaban J connectivity index is 2.28. The molecule has 1 N–H and O–H groups in total. The van der Waals surface area contributed by atoms with Crippen LogP contribution in [-0.4, -0.2) is 5.11 Å². The lowest BCUT2D eigenvalue weighted by Crippen LogP contribution is -1.97. The van der Waals surface area contributed by atoms with Gasteiger partial charge in [0.25, 0.3) is 0 Å². The molecule has 0 aliphatic carbocycles. The van der Waals surface area contributed by atoms with E-state index in [0.29, 0.717) is 29.6 Å². The number of aliphatic hydroxyl groups is 1. The van der Waals surface area contributed by atoms with Gasteiger partial charge in [-0.05, 0) is 38.0 Å². The van der Waals surface area contributed by atoms with Crippen molar-refractivity contribution in [3.63, 3.8) is 0 Å². The maximum Gasteiger partial charge on any atom is 0.136 e. The Kier molecular flexibility index (Phi) is 3.69. The normalized spacial score (nSPS) is 12.6. The molecule has 1 atom stereocenters. The number of hydrogen-bond donors (Lipinski definition) is 1. The summed E-state index contributed by atoms with van der Waals surface area (Å²) in [6.45, 7) is 1.82. The van der Waals surface area contributed by atoms with Gasteiger partial charge in [0.2, 0.25) is 0 Å². The summed E-state index contributed by atoms with van der Waals surface area (Å²) in [4.78, 5) is 0. The van der Waals surface area contributed by atoms with Gasteiger partial charge in [-0.2, -0.15) is 0 Å². The van der Waals surface area contributed by atoms with Crippen molar-refractivity contribution in [1.29, 1.82) is 0 Å². The van der Waals surface area contributed by atoms with Crippen LogP contribution in [0.2, 0.25) is 0 Å². The van der Waals surface area contributed by atoms with Gasteiger partial charge in [-0.1, -0.05) is 0 Å². The molecule has 0 spiro atoms. The van der Waals surface area contributed by atoms with E-state index in [9.17, 15) is 9.50 Å². The van der Waals surface area contributed by atoms with Crippen LogP contribution in [0.25, 0.3) is 11.0 Å². The SMILES string of the molecule is C#CCCCC(O)c1oc2ccc(F)cc2c1C. The van der Waals surface area contributed by atoms with Crippen molar-refractivity contribution in [1.82, 2.24) is 0 Å². The first-order chi connectivity index (χ1) is 8.63. The number of rotatable bonds is 4. The highest BCUT2D eigenvalue weighted by atomic mass is 19.1. The van der Waals surface area contributed by atoms with E-state index in [-0.39, 0.29) is 5.82 Å². The maximum absolute atomic E-state index is 13.1. The van der Waals surface area contributed by atoms with Crippen molar-refractivity contribution in [2.75, 3.05) is 0 Å². The van der Waals surface area contributed by atoms with E-state index in [4.69, 9.17) is 10.8 Å². The minimum Gasteiger partial charge on any atom is -0.458 e. The van der Waals surface area contributed by atoms with Crippen LogP contribution in [0.3, 0.4) is 0 Å². The molecule has 2 nitrogen and oxygen atoms in total. The van der Waals surface area contributed by atoms with Gasteiger partial charge in [-0.25, -0.2) is 4.39 Å². The van der Waals surface area contributed by atoms with Crippen LogP contribution >= 0.6 is 0 Å². The molecule has 1 heterocycles. The third-order valence-corrected chi connectivity index (χ3v) is 3.04. The molecule has 1 aromatic heterocycles. The first-order valence-corrected chi connectivity index (χ1v) is 5.93. The molecule has 0 saturated carbocycles. The van der Waals surface area contributed by atoms with Gasteiger partial charge in [0.15, 0.2) is 0 Å². The fourth-order valence-electron chi connectivity index (χ4n) is 2.06. The van der Waals surface area contributed by atoms with Crippen LogP contribution in [0.5, 0.6) is 0 Å². The minimum atomic E-state index is -0.686. The van der Waals surface area contributed by atoms with Crippen LogP contribution in [0.15, 0.2) is 22.6 Å². The summed E-state index contributed by atoms with van der Waals surface area (Å²) in [5, 5.41) is 10.8. The van der Waals surface area contributed by atoms with Gasteiger partial charge >= 0.3 is 0 Å². The number of unbranched alkanes of at least 4 members (excludes halogenated alkanes) is 1. The van der Waals surface area contributed by atoms with Gasteiger partial charge < -0.3 is 9.52 Å². The molecule has 0 fully saturated rings. The predicted octanol–water partition coefficient (Wildman–Crippen LogP) is 3.72. The molecule has 94 valence electrons. The van der Waals surface area contributed by atoms with Gasteiger partial charge in [0, 0.05) is 17.4 Å². The topological polar surface area (TPSA) is 33.4 Å². The summed E-state index contributed by atoms with van der Waals surface area (Å²) in [6, 6.07) is 4.35. The summed E-state index contributed by atoms with van der Waals surface area (Å²) < 4.78 is 18.7. The summed E-state index contributed by atoms with van der Waals surface area (Å²) in [5.74, 6) is 2.73. The number of hydrogen-bond acceptors (Lipinski definition) is 2. The smallest absolute Gasteiger partial charge is 0.136 e. The number of halogens is 1. The fourth-order valence-corrected chi connectivity index (χ4v) is 2.06. The average Bonchev–Trinajstić information content (AvgIpc) is 2.67. The number of aliphatic hydroxyl groups excluding tert-OH is 1. The third kappa shape index (κ3) is 2.39. The van der Waals surface area contributed by atoms with Gasteiger partial charge in [0.1, 0.15) is 23.3 Å². The molecule has 18 heavy (non-hydrogen) atoms. The number of terminal acetylenes is 1. The van der Waals surface area contributed by atoms with Crippen molar-refractivity contribution in [2.45, 2.75) is 32.3 Å². The highest BCUT2D eigenvalue weighted by Gasteiger charge is 2.18. The molecule has 1 aromatic carbocycles. The third-order valence-electron chi connectivity index (χ3n) is 3.04. The molecule has 0 radical (unpaired) electrons. The van der Waals surface area contributed by atoms with Crippen LogP contribution in [0.4, 0.5) is 4.39 Å². The standard InChI is InChI=1S/C15H15FO2/c1-3-4-5-6-13(17)15-10(2)12-9-11(16)7-8-14(12)18-15/h1,7-9,13,17H,4-6H2,2H3. The van der Waals surface area contributed by atoms with Crippen LogP contribution in [0, 0.1) is 25.1 Å². The molecule has 1 unspecified atom stereocenters. The number of aryl methyl sites for hydroxylation is 1. The van der Waals surface area contributed by atoms with Crippen molar-refractivity contribution in [2.24, 2.45) is 0 Å². The zero-order valence-electron chi connectivity index (χ0n) is 10.2. The zero-order chi connectivity index (χ0) is 13.1. The Morgan fingerprint density at radius 3 is 3.00 bits per heavy atom. The minimum absolute atomic E-state index is 0.306. The van der Waals surface area contributed by atoms with Crippen molar-refractivity contribution < 1.29 is 13.9 Å². The van der Waals surface area contributed by atoms with E-state index in [2.05, 4.69) is 5.92 Å². The van der Waals surface area contributed by atoms with E-state index >= 15 is 0 Å². The van der Waals surface area contributed by atoms with Gasteiger partial charge in [-0.3, -0.25) is 0 Å². The summed E-state index contributed by atoms with van der Waals surface area (Å²) >= 11 is 0. The quantitative estimate of drug-likeness (QED) is 0.659. The second-order valence-corrected chi connectivity index (χ2v) is 4.34. The van der Waals surface area contributed by atoms with E-state index in [1.807, 2.05) is 6.92 Å². The first kappa shape index (κ1) is 12.7. The molecular formula is C15H15FO2. The lowest BCUT2D eigenvalue weighted by molar-refractivity contribution is 0.139. The Morgan fingerprint density at radius 1 is 1.50 bits per heavy atom. The average molecular weight is 246 g/mol. The lowest BCUT2D eigenvalue weighted by atomic mass is 10.1. The van der Waals surface area contributed by atoms with Crippen molar-refractivity contribution in [3.05, 3.63) is 35.3 Å². The second-order valence-electron chi connectivity index (χ2n) is 4.34. The summed E-state index contributed by atoms with van der Waals surface area (Å²) in [5.41, 5.74) is 1.39. The van der Waals surface area contributed by atoms with Crippen molar-refractivity contribution >= 4 is 11.0 Å². The molecule has 3 heteroatoms. The van der Waals surface area contributed by atoms with Crippen LogP contribution in [0.1, 0.15) is 36.7 Å². The zero-order valence-corrected chi connectivity index (χ0v) is 10.2. The first-order valence-electron chi connectivity index (χ1n) is 5.93. The highest BCUT2D eigenvalue weighted by Crippen LogP contribution is 2.31. The number of benzene rings is 1. The molecule has 0 saturated heterocycles. The molecule has 0 aliphatic rings. The highest BCUT2D eigenvalue weighted by molar-refractivity contribution is 5.82. The van der Waals surface area contributed by atoms with Gasteiger partial charge in [-0.15, -0.1) is 12.3 Å². The lowest BCUT2D eigenvalue weighted by Gasteiger charge is -2.07. The fraction of sp³-hybridized carbons (Fsp3) is 0.333. The molecule has 2 aromatic rings. The summed E-state index contributed by atoms with van der Waals surface area (Å²) in [7, 11) is 0. The molecule has 2 rings (SSSR count). The molecule has 0 aliphatic heterocycles. The van der Waals surface area contributed by atoms with E-state index in [1.165, 1.54) is 12.1 Å². The van der Waals surface area contributed by atoms with E-state index < -0.39 is 6.10 Å². The molecule has 0 bridgehead atoms. The number of furan rings is 1. The predicted molar refractivity (Wildman–Crippen MR) is 68.6 cm³/mol. The molecular weight excluding hydrogens is 231 g/mol. The van der Waals surface area contributed by atoms with Crippen LogP contribution in [-0.2, 0) is 0 Å². The van der Waals surface area contributed by atoms with Crippen LogP contribution < -0.4 is 0 Å². The maximum atomic E-state index is 13.1. The second kappa shape index (κ2) is 5.24. The number of fused-ring (bicyclic) bond motifs is 1. The van der Waals surface area contributed by atoms with E-state index in [1.54, 1.807) is 6.07 Å². The van der Waals surface area contributed by atoms with Crippen molar-refractivity contribution in [3.8, 4) is 12.3 Å².